The fourth-order valence-electron chi connectivity index (χ4n) is 4.89. The van der Waals surface area contributed by atoms with E-state index in [0.29, 0.717) is 57.1 Å². The van der Waals surface area contributed by atoms with E-state index in [9.17, 15) is 17.6 Å². The minimum atomic E-state index is -3.68. The molecule has 0 unspecified atom stereocenters. The molecule has 4 heterocycles. The van der Waals surface area contributed by atoms with E-state index in [-0.39, 0.29) is 11.3 Å². The largest absolute Gasteiger partial charge is 0.478 e. The molecule has 0 radical (unpaired) electrons. The van der Waals surface area contributed by atoms with Crippen molar-refractivity contribution >= 4 is 32.6 Å². The Labute approximate surface area is 235 Å². The van der Waals surface area contributed by atoms with Gasteiger partial charge in [0.05, 0.1) is 29.8 Å². The first-order valence-corrected chi connectivity index (χ1v) is 14.7. The first kappa shape index (κ1) is 26.5. The number of aromatic nitrogens is 3. The zero-order valence-corrected chi connectivity index (χ0v) is 23.3. The number of ether oxygens (including phenoxy) is 1. The molecule has 210 valence electrons. The van der Waals surface area contributed by atoms with Crippen molar-refractivity contribution in [1.82, 2.24) is 20.1 Å². The highest BCUT2D eigenvalue weighted by Gasteiger charge is 2.26. The van der Waals surface area contributed by atoms with Crippen LogP contribution in [0.15, 0.2) is 65.3 Å². The number of pyridine rings is 1. The Bertz CT molecular complexity index is 1890. The molecule has 5 aromatic rings. The maximum Gasteiger partial charge on any atom is 0.255 e. The summed E-state index contributed by atoms with van der Waals surface area (Å²) in [7, 11) is -0.733. The number of anilines is 1. The fraction of sp³-hybridized carbons (Fsp3) is 0.207. The summed E-state index contributed by atoms with van der Waals surface area (Å²) in [6.07, 6.45) is 5.27. The molecular weight excluding hydrogens is 549 g/mol. The Kier molecular flexibility index (Phi) is 6.49. The van der Waals surface area contributed by atoms with E-state index in [4.69, 9.17) is 9.15 Å². The van der Waals surface area contributed by atoms with Crippen molar-refractivity contribution in [2.75, 3.05) is 31.3 Å². The van der Waals surface area contributed by atoms with Crippen LogP contribution < -0.4 is 14.4 Å². The second-order valence-electron chi connectivity index (χ2n) is 9.74. The monoisotopic (exact) mass is 575 g/mol. The molecule has 41 heavy (non-hydrogen) atoms. The van der Waals surface area contributed by atoms with E-state index in [0.717, 1.165) is 23.5 Å². The first-order chi connectivity index (χ1) is 19.6. The van der Waals surface area contributed by atoms with Gasteiger partial charge >= 0.3 is 0 Å². The van der Waals surface area contributed by atoms with Crippen molar-refractivity contribution in [3.05, 3.63) is 72.3 Å². The summed E-state index contributed by atoms with van der Waals surface area (Å²) in [6, 6.07) is 12.6. The van der Waals surface area contributed by atoms with Gasteiger partial charge in [-0.25, -0.2) is 17.5 Å². The lowest BCUT2D eigenvalue weighted by Gasteiger charge is -2.20. The Morgan fingerprint density at radius 2 is 1.83 bits per heavy atom. The molecule has 0 bridgehead atoms. The minimum absolute atomic E-state index is 0.236. The molecular formula is C29H26FN5O5S. The van der Waals surface area contributed by atoms with Crippen molar-refractivity contribution in [3.63, 3.8) is 0 Å². The summed E-state index contributed by atoms with van der Waals surface area (Å²) < 4.78 is 53.8. The van der Waals surface area contributed by atoms with Crippen molar-refractivity contribution in [1.29, 1.82) is 0 Å². The van der Waals surface area contributed by atoms with Gasteiger partial charge in [0.2, 0.25) is 15.9 Å². The lowest BCUT2D eigenvalue weighted by molar-refractivity contribution is 0.0964. The number of nitrogens with zero attached hydrogens (tertiary/aromatic N) is 4. The Morgan fingerprint density at radius 1 is 1.07 bits per heavy atom. The Morgan fingerprint density at radius 3 is 2.54 bits per heavy atom. The van der Waals surface area contributed by atoms with E-state index >= 15 is 0 Å². The van der Waals surface area contributed by atoms with Crippen LogP contribution in [0.1, 0.15) is 16.8 Å². The third-order valence-corrected chi connectivity index (χ3v) is 8.25. The van der Waals surface area contributed by atoms with Crippen LogP contribution in [0.5, 0.6) is 5.88 Å². The molecule has 2 aromatic carbocycles. The fourth-order valence-corrected chi connectivity index (χ4v) is 5.40. The summed E-state index contributed by atoms with van der Waals surface area (Å²) in [5.41, 5.74) is 3.86. The van der Waals surface area contributed by atoms with Crippen LogP contribution >= 0.6 is 0 Å². The number of nitrogens with one attached hydrogen (secondary N) is 1. The molecule has 0 aliphatic carbocycles. The van der Waals surface area contributed by atoms with Crippen LogP contribution in [0.3, 0.4) is 0 Å². The zero-order chi connectivity index (χ0) is 28.9. The average Bonchev–Trinajstić information content (AvgIpc) is 3.57. The predicted molar refractivity (Wildman–Crippen MR) is 153 cm³/mol. The van der Waals surface area contributed by atoms with Crippen LogP contribution in [-0.2, 0) is 16.6 Å². The standard InChI is InChI=1S/C29H26FN5O5S/c1-31-29(36)27-22-12-21(18-11-19(16-32-15-18)23-13-26-35(33-23)9-4-10-39-26)24(34(2)41(3,37)38)14-25(22)40-28(27)17-5-7-20(30)8-6-17/h5-8,11-16H,4,9-10H2,1-3H3,(H,31,36). The summed E-state index contributed by atoms with van der Waals surface area (Å²) in [5, 5.41) is 7.75. The minimum Gasteiger partial charge on any atom is -0.478 e. The predicted octanol–water partition coefficient (Wildman–Crippen LogP) is 4.70. The quantitative estimate of drug-likeness (QED) is 0.312. The molecule has 0 fully saturated rings. The Balaban J connectivity index is 1.58. The van der Waals surface area contributed by atoms with E-state index in [1.54, 1.807) is 29.2 Å². The van der Waals surface area contributed by atoms with Crippen molar-refractivity contribution in [2.45, 2.75) is 13.0 Å². The maximum atomic E-state index is 13.7. The number of rotatable bonds is 6. The summed E-state index contributed by atoms with van der Waals surface area (Å²) in [4.78, 5) is 17.5. The molecule has 0 atom stereocenters. The topological polar surface area (TPSA) is 120 Å². The molecule has 0 saturated heterocycles. The number of hydrogen-bond acceptors (Lipinski definition) is 7. The number of hydrogen-bond donors (Lipinski definition) is 1. The van der Waals surface area contributed by atoms with Crippen LogP contribution in [0, 0.1) is 5.82 Å². The number of carbonyl (C=O) groups is 1. The van der Waals surface area contributed by atoms with Gasteiger partial charge in [-0.15, -0.1) is 0 Å². The van der Waals surface area contributed by atoms with Crippen LogP contribution in [0.4, 0.5) is 10.1 Å². The van der Waals surface area contributed by atoms with Gasteiger partial charge in [0.25, 0.3) is 5.91 Å². The van der Waals surface area contributed by atoms with Gasteiger partial charge in [0.15, 0.2) is 0 Å². The van der Waals surface area contributed by atoms with Crippen LogP contribution in [0.25, 0.3) is 44.7 Å². The summed E-state index contributed by atoms with van der Waals surface area (Å²) >= 11 is 0. The number of fused-ring (bicyclic) bond motifs is 2. The van der Waals surface area contributed by atoms with Crippen LogP contribution in [0.2, 0.25) is 0 Å². The van der Waals surface area contributed by atoms with Gasteiger partial charge in [-0.1, -0.05) is 0 Å². The molecule has 3 aromatic heterocycles. The number of benzene rings is 2. The number of amides is 1. The van der Waals surface area contributed by atoms with Crippen molar-refractivity contribution in [2.24, 2.45) is 0 Å². The maximum absolute atomic E-state index is 13.7. The number of furan rings is 1. The van der Waals surface area contributed by atoms with E-state index in [2.05, 4.69) is 15.4 Å². The van der Waals surface area contributed by atoms with E-state index in [1.165, 1.54) is 38.4 Å². The highest BCUT2D eigenvalue weighted by atomic mass is 32.2. The molecule has 1 aliphatic rings. The van der Waals surface area contributed by atoms with Crippen molar-refractivity contribution in [3.8, 4) is 39.6 Å². The highest BCUT2D eigenvalue weighted by molar-refractivity contribution is 7.92. The average molecular weight is 576 g/mol. The lowest BCUT2D eigenvalue weighted by atomic mass is 9.98. The summed E-state index contributed by atoms with van der Waals surface area (Å²) in [5.74, 6) is 0.0781. The van der Waals surface area contributed by atoms with Gasteiger partial charge in [-0.3, -0.25) is 14.1 Å². The molecule has 10 nitrogen and oxygen atoms in total. The molecule has 0 saturated carbocycles. The lowest BCUT2D eigenvalue weighted by Crippen LogP contribution is -2.25. The number of aryl methyl sites for hydroxylation is 1. The molecule has 6 rings (SSSR count). The van der Waals surface area contributed by atoms with E-state index < -0.39 is 21.7 Å². The number of sulfonamides is 1. The van der Waals surface area contributed by atoms with Gasteiger partial charge in [-0.2, -0.15) is 5.10 Å². The molecule has 1 amide bonds. The highest BCUT2D eigenvalue weighted by Crippen LogP contribution is 2.42. The van der Waals surface area contributed by atoms with Gasteiger partial charge in [0.1, 0.15) is 17.2 Å². The molecule has 0 spiro atoms. The normalized spacial score (nSPS) is 13.1. The van der Waals surface area contributed by atoms with Crippen molar-refractivity contribution < 1.29 is 26.8 Å². The first-order valence-electron chi connectivity index (χ1n) is 12.8. The molecule has 12 heteroatoms. The van der Waals surface area contributed by atoms with Gasteiger partial charge in [0, 0.05) is 79.2 Å². The molecule has 1 N–H and O–H groups in total. The number of halogens is 1. The SMILES string of the molecule is CNC(=O)c1c(-c2ccc(F)cc2)oc2cc(N(C)S(C)(=O)=O)c(-c3cncc(-c4cc5n(n4)CCCO5)c3)cc12. The number of carbonyl (C=O) groups excluding carboxylic acids is 1. The Hall–Kier alpha value is -4.71. The zero-order valence-electron chi connectivity index (χ0n) is 22.5. The van der Waals surface area contributed by atoms with Gasteiger partial charge < -0.3 is 14.5 Å². The summed E-state index contributed by atoms with van der Waals surface area (Å²) in [6.45, 7) is 1.38. The second kappa shape index (κ2) is 10.0. The smallest absolute Gasteiger partial charge is 0.255 e. The third kappa shape index (κ3) is 4.80. The van der Waals surface area contributed by atoms with E-state index in [1.807, 2.05) is 12.1 Å². The van der Waals surface area contributed by atoms with Crippen LogP contribution in [-0.4, -0.2) is 56.0 Å². The third-order valence-electron chi connectivity index (χ3n) is 7.06. The molecule has 1 aliphatic heterocycles. The van der Waals surface area contributed by atoms with Gasteiger partial charge in [-0.05, 0) is 36.4 Å². The second-order valence-corrected chi connectivity index (χ2v) is 11.8.